The zero-order valence-corrected chi connectivity index (χ0v) is 11.8. The molecule has 1 unspecified atom stereocenters. The van der Waals surface area contributed by atoms with E-state index in [2.05, 4.69) is 17.2 Å². The van der Waals surface area contributed by atoms with E-state index in [1.807, 2.05) is 32.0 Å². The summed E-state index contributed by atoms with van der Waals surface area (Å²) in [6.07, 6.45) is 0.913. The fraction of sp³-hybridized carbons (Fsp3) is 0.400. The summed E-state index contributed by atoms with van der Waals surface area (Å²) in [5.41, 5.74) is 2.53. The third kappa shape index (κ3) is 2.57. The van der Waals surface area contributed by atoms with Crippen LogP contribution >= 0.6 is 0 Å². The molecule has 102 valence electrons. The molecule has 4 nitrogen and oxygen atoms in total. The van der Waals surface area contributed by atoms with Gasteiger partial charge < -0.3 is 15.0 Å². The van der Waals surface area contributed by atoms with Crippen molar-refractivity contribution in [1.29, 1.82) is 0 Å². The maximum absolute atomic E-state index is 12.3. The maximum Gasteiger partial charge on any atom is 0.253 e. The van der Waals surface area contributed by atoms with Gasteiger partial charge in [0, 0.05) is 22.6 Å². The summed E-state index contributed by atoms with van der Waals surface area (Å²) in [4.78, 5) is 15.6. The van der Waals surface area contributed by atoms with Crippen molar-refractivity contribution in [2.24, 2.45) is 0 Å². The highest BCUT2D eigenvalue weighted by Crippen LogP contribution is 2.26. The number of aromatic amines is 1. The number of aryl methyl sites for hydroxylation is 1. The van der Waals surface area contributed by atoms with Gasteiger partial charge in [-0.15, -0.1) is 0 Å². The molecule has 0 spiro atoms. The summed E-state index contributed by atoms with van der Waals surface area (Å²) in [5.74, 6) is 0.718. The lowest BCUT2D eigenvalue weighted by Gasteiger charge is -2.11. The second kappa shape index (κ2) is 5.34. The van der Waals surface area contributed by atoms with Crippen molar-refractivity contribution < 1.29 is 9.53 Å². The summed E-state index contributed by atoms with van der Waals surface area (Å²) < 4.78 is 5.22. The number of H-pyrrole nitrogens is 1. The number of nitrogens with one attached hydrogen (secondary N) is 2. The van der Waals surface area contributed by atoms with Crippen LogP contribution in [0.2, 0.25) is 0 Å². The Balaban J connectivity index is 2.46. The van der Waals surface area contributed by atoms with Gasteiger partial charge in [-0.3, -0.25) is 4.79 Å². The van der Waals surface area contributed by atoms with Crippen molar-refractivity contribution in [1.82, 2.24) is 10.3 Å². The first-order valence-corrected chi connectivity index (χ1v) is 6.54. The summed E-state index contributed by atoms with van der Waals surface area (Å²) in [7, 11) is 1.62. The third-order valence-corrected chi connectivity index (χ3v) is 3.41. The number of ether oxygens (including phenoxy) is 1. The van der Waals surface area contributed by atoms with Crippen LogP contribution in [0.25, 0.3) is 10.9 Å². The number of hydrogen-bond donors (Lipinski definition) is 2. The quantitative estimate of drug-likeness (QED) is 0.887. The summed E-state index contributed by atoms with van der Waals surface area (Å²) >= 11 is 0. The van der Waals surface area contributed by atoms with Gasteiger partial charge in [-0.1, -0.05) is 6.92 Å². The number of rotatable bonds is 4. The first-order chi connectivity index (χ1) is 9.06. The average Bonchev–Trinajstić information content (AvgIpc) is 2.73. The highest BCUT2D eigenvalue weighted by molar-refractivity contribution is 6.08. The van der Waals surface area contributed by atoms with Gasteiger partial charge in [-0.2, -0.15) is 0 Å². The number of methoxy groups -OCH3 is 1. The number of benzene rings is 1. The van der Waals surface area contributed by atoms with Crippen LogP contribution in [0.4, 0.5) is 0 Å². The van der Waals surface area contributed by atoms with Crippen molar-refractivity contribution >= 4 is 16.8 Å². The highest BCUT2D eigenvalue weighted by Gasteiger charge is 2.17. The molecule has 0 fully saturated rings. The Morgan fingerprint density at radius 1 is 1.47 bits per heavy atom. The number of carbonyl (C=O) groups excluding carboxylic acids is 1. The summed E-state index contributed by atoms with van der Waals surface area (Å²) in [6, 6.07) is 5.88. The molecule has 1 atom stereocenters. The SMILES string of the molecule is CCC(C)NC(=O)c1c(C)[nH]c2ccc(OC)cc12. The molecule has 2 aromatic rings. The molecule has 4 heteroatoms. The van der Waals surface area contributed by atoms with E-state index >= 15 is 0 Å². The molecule has 0 aliphatic heterocycles. The second-order valence-corrected chi connectivity index (χ2v) is 4.82. The van der Waals surface area contributed by atoms with Gasteiger partial charge in [0.15, 0.2) is 0 Å². The third-order valence-electron chi connectivity index (χ3n) is 3.41. The normalized spacial score (nSPS) is 12.4. The largest absolute Gasteiger partial charge is 0.497 e. The van der Waals surface area contributed by atoms with E-state index in [4.69, 9.17) is 4.74 Å². The topological polar surface area (TPSA) is 54.1 Å². The fourth-order valence-corrected chi connectivity index (χ4v) is 2.12. The minimum absolute atomic E-state index is 0.0358. The lowest BCUT2D eigenvalue weighted by Crippen LogP contribution is -2.32. The molecule has 0 bridgehead atoms. The maximum atomic E-state index is 12.3. The Kier molecular flexibility index (Phi) is 3.79. The van der Waals surface area contributed by atoms with Crippen LogP contribution in [-0.4, -0.2) is 24.0 Å². The van der Waals surface area contributed by atoms with Crippen LogP contribution in [0, 0.1) is 6.92 Å². The predicted octanol–water partition coefficient (Wildman–Crippen LogP) is 3.01. The van der Waals surface area contributed by atoms with Gasteiger partial charge in [0.2, 0.25) is 0 Å². The van der Waals surface area contributed by atoms with E-state index in [9.17, 15) is 4.79 Å². The van der Waals surface area contributed by atoms with E-state index in [1.165, 1.54) is 0 Å². The highest BCUT2D eigenvalue weighted by atomic mass is 16.5. The molecule has 1 heterocycles. The van der Waals surface area contributed by atoms with Crippen LogP contribution in [0.3, 0.4) is 0 Å². The van der Waals surface area contributed by atoms with E-state index in [-0.39, 0.29) is 11.9 Å². The van der Waals surface area contributed by atoms with Crippen LogP contribution in [0.5, 0.6) is 5.75 Å². The molecule has 0 saturated carbocycles. The Labute approximate surface area is 113 Å². The lowest BCUT2D eigenvalue weighted by atomic mass is 10.1. The first-order valence-electron chi connectivity index (χ1n) is 6.54. The van der Waals surface area contributed by atoms with E-state index < -0.39 is 0 Å². The van der Waals surface area contributed by atoms with Gasteiger partial charge in [0.1, 0.15) is 5.75 Å². The Bertz CT molecular complexity index is 601. The lowest BCUT2D eigenvalue weighted by molar-refractivity contribution is 0.0940. The van der Waals surface area contributed by atoms with Crippen LogP contribution in [0.1, 0.15) is 36.3 Å². The smallest absolute Gasteiger partial charge is 0.253 e. The van der Waals surface area contributed by atoms with Crippen molar-refractivity contribution in [3.63, 3.8) is 0 Å². The standard InChI is InChI=1S/C15H20N2O2/c1-5-9(2)16-15(18)14-10(3)17-13-7-6-11(19-4)8-12(13)14/h6-9,17H,5H2,1-4H3,(H,16,18). The van der Waals surface area contributed by atoms with Gasteiger partial charge in [-0.25, -0.2) is 0 Å². The predicted molar refractivity (Wildman–Crippen MR) is 76.8 cm³/mol. The average molecular weight is 260 g/mol. The molecule has 19 heavy (non-hydrogen) atoms. The molecule has 2 rings (SSSR count). The van der Waals surface area contributed by atoms with Crippen LogP contribution in [-0.2, 0) is 0 Å². The minimum atomic E-state index is -0.0358. The van der Waals surface area contributed by atoms with E-state index in [0.717, 1.165) is 28.8 Å². The number of amides is 1. The van der Waals surface area contributed by atoms with Gasteiger partial charge in [-0.05, 0) is 38.5 Å². The monoisotopic (exact) mass is 260 g/mol. The molecular formula is C15H20N2O2. The zero-order valence-electron chi connectivity index (χ0n) is 11.8. The molecule has 0 aliphatic carbocycles. The molecule has 1 aromatic carbocycles. The Morgan fingerprint density at radius 2 is 2.21 bits per heavy atom. The van der Waals surface area contributed by atoms with Crippen LogP contribution in [0.15, 0.2) is 18.2 Å². The molecule has 1 amide bonds. The van der Waals surface area contributed by atoms with Crippen molar-refractivity contribution in [2.75, 3.05) is 7.11 Å². The number of aromatic nitrogens is 1. The van der Waals surface area contributed by atoms with E-state index in [1.54, 1.807) is 7.11 Å². The molecule has 1 aromatic heterocycles. The van der Waals surface area contributed by atoms with Gasteiger partial charge >= 0.3 is 0 Å². The van der Waals surface area contributed by atoms with Gasteiger partial charge in [0.05, 0.1) is 12.7 Å². The second-order valence-electron chi connectivity index (χ2n) is 4.82. The fourth-order valence-electron chi connectivity index (χ4n) is 2.12. The molecule has 0 saturated heterocycles. The summed E-state index contributed by atoms with van der Waals surface area (Å²) in [6.45, 7) is 5.97. The number of carbonyl (C=O) groups is 1. The zero-order chi connectivity index (χ0) is 14.0. The molecule has 0 radical (unpaired) electrons. The van der Waals surface area contributed by atoms with Crippen molar-refractivity contribution in [2.45, 2.75) is 33.2 Å². The number of hydrogen-bond acceptors (Lipinski definition) is 2. The molecule has 0 aliphatic rings. The van der Waals surface area contributed by atoms with Gasteiger partial charge in [0.25, 0.3) is 5.91 Å². The Morgan fingerprint density at radius 3 is 2.84 bits per heavy atom. The minimum Gasteiger partial charge on any atom is -0.497 e. The molecule has 2 N–H and O–H groups in total. The molecular weight excluding hydrogens is 240 g/mol. The van der Waals surface area contributed by atoms with E-state index in [0.29, 0.717) is 5.56 Å². The summed E-state index contributed by atoms with van der Waals surface area (Å²) in [5, 5.41) is 3.90. The Hall–Kier alpha value is -1.97. The number of fused-ring (bicyclic) bond motifs is 1. The van der Waals surface area contributed by atoms with Crippen LogP contribution < -0.4 is 10.1 Å². The van der Waals surface area contributed by atoms with Crippen molar-refractivity contribution in [3.05, 3.63) is 29.5 Å². The van der Waals surface area contributed by atoms with Crippen molar-refractivity contribution in [3.8, 4) is 5.75 Å². The first kappa shape index (κ1) is 13.5.